The Bertz CT molecular complexity index is 705. The molecule has 0 aliphatic rings. The molecule has 21 heavy (non-hydrogen) atoms. The summed E-state index contributed by atoms with van der Waals surface area (Å²) in [7, 11) is 0. The van der Waals surface area contributed by atoms with Gasteiger partial charge in [-0.25, -0.2) is 4.68 Å². The Morgan fingerprint density at radius 2 is 1.57 bits per heavy atom. The van der Waals surface area contributed by atoms with Crippen molar-refractivity contribution in [1.29, 1.82) is 5.26 Å². The van der Waals surface area contributed by atoms with E-state index in [1.54, 1.807) is 0 Å². The van der Waals surface area contributed by atoms with Crippen LogP contribution < -0.4 is 0 Å². The fraction of sp³-hybridized carbons (Fsp3) is 0.167. The van der Waals surface area contributed by atoms with Crippen molar-refractivity contribution in [1.82, 2.24) is 9.78 Å². The molecule has 0 saturated heterocycles. The Kier molecular flexibility index (Phi) is 3.41. The van der Waals surface area contributed by atoms with E-state index in [1.807, 2.05) is 0 Å². The Morgan fingerprint density at radius 1 is 0.952 bits per heavy atom. The number of rotatable bonds is 1. The molecule has 1 aromatic carbocycles. The first-order valence-corrected chi connectivity index (χ1v) is 5.36. The van der Waals surface area contributed by atoms with Gasteiger partial charge in [-0.05, 0) is 18.2 Å². The van der Waals surface area contributed by atoms with Crippen LogP contribution in [0.25, 0.3) is 5.69 Å². The minimum absolute atomic E-state index is 0.281. The van der Waals surface area contributed by atoms with Crippen LogP contribution in [0.1, 0.15) is 16.7 Å². The summed E-state index contributed by atoms with van der Waals surface area (Å²) in [6.07, 6.45) is -8.33. The van der Waals surface area contributed by atoms with Crippen molar-refractivity contribution in [2.75, 3.05) is 0 Å². The van der Waals surface area contributed by atoms with Crippen LogP contribution in [0.5, 0.6) is 0 Å². The molecule has 0 aliphatic carbocycles. The predicted octanol–water partition coefficient (Wildman–Crippen LogP) is 3.78. The lowest BCUT2D eigenvalue weighted by atomic mass is 10.1. The van der Waals surface area contributed by atoms with Crippen molar-refractivity contribution < 1.29 is 26.3 Å². The minimum Gasteiger partial charge on any atom is -0.240 e. The molecule has 1 heterocycles. The molecule has 2 aromatic rings. The van der Waals surface area contributed by atoms with E-state index < -0.39 is 23.5 Å². The average molecular weight is 305 g/mol. The molecular formula is C12H5F6N3. The van der Waals surface area contributed by atoms with E-state index in [-0.39, 0.29) is 11.3 Å². The largest absolute Gasteiger partial charge is 0.419 e. The molecule has 0 unspecified atom stereocenters. The smallest absolute Gasteiger partial charge is 0.240 e. The van der Waals surface area contributed by atoms with Gasteiger partial charge in [0.15, 0.2) is 0 Å². The molecule has 0 spiro atoms. The van der Waals surface area contributed by atoms with Crippen LogP contribution >= 0.6 is 0 Å². The molecular weight excluding hydrogens is 300 g/mol. The van der Waals surface area contributed by atoms with Gasteiger partial charge in [0.1, 0.15) is 0 Å². The summed E-state index contributed by atoms with van der Waals surface area (Å²) < 4.78 is 76.0. The van der Waals surface area contributed by atoms with E-state index >= 15 is 0 Å². The van der Waals surface area contributed by atoms with Gasteiger partial charge < -0.3 is 0 Å². The van der Waals surface area contributed by atoms with Crippen LogP contribution in [0.4, 0.5) is 26.3 Å². The second-order valence-electron chi connectivity index (χ2n) is 4.05. The maximum absolute atomic E-state index is 12.7. The average Bonchev–Trinajstić information content (AvgIpc) is 2.86. The Morgan fingerprint density at radius 3 is 2.05 bits per heavy atom. The summed E-state index contributed by atoms with van der Waals surface area (Å²) in [6.45, 7) is 0. The van der Waals surface area contributed by atoms with Gasteiger partial charge in [0.2, 0.25) is 0 Å². The van der Waals surface area contributed by atoms with Gasteiger partial charge in [-0.1, -0.05) is 0 Å². The molecule has 0 amide bonds. The number of hydrogen-bond donors (Lipinski definition) is 0. The van der Waals surface area contributed by atoms with Crippen LogP contribution in [-0.2, 0) is 12.4 Å². The number of alkyl halides is 6. The van der Waals surface area contributed by atoms with E-state index in [2.05, 4.69) is 5.10 Å². The van der Waals surface area contributed by atoms with E-state index in [9.17, 15) is 26.3 Å². The van der Waals surface area contributed by atoms with Gasteiger partial charge in [0.05, 0.1) is 34.6 Å². The topological polar surface area (TPSA) is 41.6 Å². The fourth-order valence-corrected chi connectivity index (χ4v) is 1.58. The highest BCUT2D eigenvalue weighted by Gasteiger charge is 2.33. The molecule has 0 bridgehead atoms. The van der Waals surface area contributed by atoms with E-state index in [0.717, 1.165) is 6.07 Å². The molecule has 0 radical (unpaired) electrons. The summed E-state index contributed by atoms with van der Waals surface area (Å²) in [5.74, 6) is 0. The third kappa shape index (κ3) is 3.16. The van der Waals surface area contributed by atoms with Gasteiger partial charge in [0, 0.05) is 6.20 Å². The summed E-state index contributed by atoms with van der Waals surface area (Å²) in [6, 6.07) is 3.77. The minimum atomic E-state index is -4.72. The number of benzene rings is 1. The Balaban J connectivity index is 2.54. The van der Waals surface area contributed by atoms with Crippen molar-refractivity contribution >= 4 is 0 Å². The zero-order valence-electron chi connectivity index (χ0n) is 10.00. The number of nitrogens with zero attached hydrogens (tertiary/aromatic N) is 3. The molecule has 9 heteroatoms. The highest BCUT2D eigenvalue weighted by Crippen LogP contribution is 2.32. The lowest BCUT2D eigenvalue weighted by Gasteiger charge is -2.10. The molecule has 0 saturated carbocycles. The first-order chi connectivity index (χ1) is 9.61. The van der Waals surface area contributed by atoms with Gasteiger partial charge in [-0.3, -0.25) is 0 Å². The van der Waals surface area contributed by atoms with Crippen molar-refractivity contribution in [3.8, 4) is 11.8 Å². The van der Waals surface area contributed by atoms with Crippen LogP contribution in [0, 0.1) is 11.3 Å². The van der Waals surface area contributed by atoms with Crippen molar-refractivity contribution in [2.24, 2.45) is 0 Å². The SMILES string of the molecule is N#Cc1cc(-n2cc(C(F)(F)F)cn2)cc(C(F)(F)F)c1. The number of nitriles is 1. The van der Waals surface area contributed by atoms with Gasteiger partial charge in [-0.15, -0.1) is 0 Å². The van der Waals surface area contributed by atoms with Crippen molar-refractivity contribution in [2.45, 2.75) is 12.4 Å². The number of halogens is 6. The third-order valence-corrected chi connectivity index (χ3v) is 2.55. The summed E-state index contributed by atoms with van der Waals surface area (Å²) in [4.78, 5) is 0. The van der Waals surface area contributed by atoms with Gasteiger partial charge >= 0.3 is 12.4 Å². The zero-order valence-corrected chi connectivity index (χ0v) is 10.00. The summed E-state index contributed by atoms with van der Waals surface area (Å²) >= 11 is 0. The maximum atomic E-state index is 12.7. The Labute approximate surface area is 114 Å². The van der Waals surface area contributed by atoms with Crippen molar-refractivity contribution in [3.63, 3.8) is 0 Å². The standard InChI is InChI=1S/C12H5F6N3/c13-11(14,15)8-1-7(4-19)2-10(3-8)21-6-9(5-20-21)12(16,17)18/h1-3,5-6H. The summed E-state index contributed by atoms with van der Waals surface area (Å²) in [5.41, 5.74) is -2.85. The maximum Gasteiger partial charge on any atom is 0.419 e. The fourth-order valence-electron chi connectivity index (χ4n) is 1.58. The lowest BCUT2D eigenvalue weighted by molar-refractivity contribution is -0.138. The van der Waals surface area contributed by atoms with Crippen LogP contribution in [0.15, 0.2) is 30.6 Å². The van der Waals surface area contributed by atoms with E-state index in [0.29, 0.717) is 29.2 Å². The van der Waals surface area contributed by atoms with Crippen LogP contribution in [0.3, 0.4) is 0 Å². The van der Waals surface area contributed by atoms with E-state index in [4.69, 9.17) is 5.26 Å². The molecule has 0 N–H and O–H groups in total. The third-order valence-electron chi connectivity index (χ3n) is 2.55. The second-order valence-corrected chi connectivity index (χ2v) is 4.05. The highest BCUT2D eigenvalue weighted by atomic mass is 19.4. The number of hydrogen-bond acceptors (Lipinski definition) is 2. The number of aromatic nitrogens is 2. The Hall–Kier alpha value is -2.50. The molecule has 1 aromatic heterocycles. The molecule has 0 atom stereocenters. The van der Waals surface area contributed by atoms with Gasteiger partial charge in [-0.2, -0.15) is 36.7 Å². The first-order valence-electron chi connectivity index (χ1n) is 5.36. The van der Waals surface area contributed by atoms with E-state index in [1.165, 1.54) is 6.07 Å². The highest BCUT2D eigenvalue weighted by molar-refractivity contribution is 5.45. The zero-order chi connectivity index (χ0) is 15.8. The normalized spacial score (nSPS) is 12.2. The molecule has 2 rings (SSSR count). The van der Waals surface area contributed by atoms with Crippen LogP contribution in [-0.4, -0.2) is 9.78 Å². The van der Waals surface area contributed by atoms with Gasteiger partial charge in [0.25, 0.3) is 0 Å². The van der Waals surface area contributed by atoms with Crippen molar-refractivity contribution in [3.05, 3.63) is 47.3 Å². The summed E-state index contributed by atoms with van der Waals surface area (Å²) in [5, 5.41) is 12.1. The molecule has 0 fully saturated rings. The quantitative estimate of drug-likeness (QED) is 0.752. The molecule has 0 aliphatic heterocycles. The predicted molar refractivity (Wildman–Crippen MR) is 58.3 cm³/mol. The molecule has 110 valence electrons. The van der Waals surface area contributed by atoms with Crippen LogP contribution in [0.2, 0.25) is 0 Å². The monoisotopic (exact) mass is 305 g/mol. The first kappa shape index (κ1) is 14.9. The lowest BCUT2D eigenvalue weighted by Crippen LogP contribution is -2.07. The second kappa shape index (κ2) is 4.80. The molecule has 3 nitrogen and oxygen atoms in total.